The smallest absolute Gasteiger partial charge is 0.329 e. The minimum Gasteiger partial charge on any atom is -0.467 e. The standard InChI is InChI=1S/C22H23NO5S/c1-14(22(27)29-13-19(21(26)28-3)23-15(2)24)17-10-7-11-18(12-17)20(25)16-8-5-4-6-9-16/h4-12,14,19H,13H2,1-3H3,(H,23,24)/t14-,19+/m1/s1. The average Bonchev–Trinajstić information content (AvgIpc) is 2.75. The third-order valence-corrected chi connectivity index (χ3v) is 5.43. The zero-order valence-electron chi connectivity index (χ0n) is 16.5. The molecule has 0 saturated heterocycles. The van der Waals surface area contributed by atoms with Gasteiger partial charge in [0.05, 0.1) is 13.0 Å². The summed E-state index contributed by atoms with van der Waals surface area (Å²) in [6.07, 6.45) is 0. The molecule has 0 aliphatic carbocycles. The first-order valence-electron chi connectivity index (χ1n) is 9.04. The van der Waals surface area contributed by atoms with Crippen molar-refractivity contribution in [3.8, 4) is 0 Å². The first-order chi connectivity index (χ1) is 13.8. The number of thioether (sulfide) groups is 1. The average molecular weight is 413 g/mol. The van der Waals surface area contributed by atoms with Gasteiger partial charge in [0.15, 0.2) is 10.9 Å². The molecule has 0 fully saturated rings. The van der Waals surface area contributed by atoms with Crippen molar-refractivity contribution in [2.75, 3.05) is 12.9 Å². The molecule has 2 rings (SSSR count). The van der Waals surface area contributed by atoms with Crippen molar-refractivity contribution in [1.82, 2.24) is 5.32 Å². The maximum Gasteiger partial charge on any atom is 0.329 e. The number of carbonyl (C=O) groups is 4. The van der Waals surface area contributed by atoms with Gasteiger partial charge >= 0.3 is 5.97 Å². The summed E-state index contributed by atoms with van der Waals surface area (Å²) in [5.74, 6) is -1.52. The predicted molar refractivity (Wildman–Crippen MR) is 112 cm³/mol. The van der Waals surface area contributed by atoms with Gasteiger partial charge in [-0.15, -0.1) is 0 Å². The summed E-state index contributed by atoms with van der Waals surface area (Å²) < 4.78 is 4.66. The lowest BCUT2D eigenvalue weighted by Crippen LogP contribution is -2.42. The fourth-order valence-electron chi connectivity index (χ4n) is 2.69. The highest BCUT2D eigenvalue weighted by Gasteiger charge is 2.24. The molecule has 2 aromatic carbocycles. The van der Waals surface area contributed by atoms with Crippen LogP contribution in [0.4, 0.5) is 0 Å². The number of esters is 1. The molecule has 1 amide bonds. The lowest BCUT2D eigenvalue weighted by molar-refractivity contribution is -0.144. The fourth-order valence-corrected chi connectivity index (χ4v) is 3.62. The number of methoxy groups -OCH3 is 1. The van der Waals surface area contributed by atoms with E-state index in [1.807, 2.05) is 6.07 Å². The van der Waals surface area contributed by atoms with Gasteiger partial charge in [0.25, 0.3) is 0 Å². The molecular formula is C22H23NO5S. The highest BCUT2D eigenvalue weighted by molar-refractivity contribution is 8.13. The van der Waals surface area contributed by atoms with Crippen LogP contribution in [-0.2, 0) is 19.1 Å². The van der Waals surface area contributed by atoms with Crippen molar-refractivity contribution in [3.63, 3.8) is 0 Å². The molecule has 0 radical (unpaired) electrons. The van der Waals surface area contributed by atoms with Crippen molar-refractivity contribution in [3.05, 3.63) is 71.3 Å². The maximum absolute atomic E-state index is 12.6. The summed E-state index contributed by atoms with van der Waals surface area (Å²) in [7, 11) is 1.22. The van der Waals surface area contributed by atoms with Gasteiger partial charge in [0.2, 0.25) is 5.91 Å². The Morgan fingerprint density at radius 1 is 1.00 bits per heavy atom. The van der Waals surface area contributed by atoms with E-state index in [-0.39, 0.29) is 22.6 Å². The van der Waals surface area contributed by atoms with Crippen molar-refractivity contribution in [2.45, 2.75) is 25.8 Å². The number of carbonyl (C=O) groups excluding carboxylic acids is 4. The lowest BCUT2D eigenvalue weighted by Gasteiger charge is -2.16. The van der Waals surface area contributed by atoms with Gasteiger partial charge < -0.3 is 10.1 Å². The normalized spacial score (nSPS) is 12.5. The van der Waals surface area contributed by atoms with Crippen LogP contribution >= 0.6 is 11.8 Å². The molecule has 0 unspecified atom stereocenters. The number of amides is 1. The number of nitrogens with one attached hydrogen (secondary N) is 1. The van der Waals surface area contributed by atoms with Crippen molar-refractivity contribution >= 4 is 34.5 Å². The summed E-state index contributed by atoms with van der Waals surface area (Å²) in [5.41, 5.74) is 1.79. The number of hydrogen-bond acceptors (Lipinski definition) is 6. The number of rotatable bonds is 8. The summed E-state index contributed by atoms with van der Waals surface area (Å²) in [5, 5.41) is 2.30. The number of ketones is 1. The second-order valence-electron chi connectivity index (χ2n) is 6.45. The molecule has 7 heteroatoms. The third kappa shape index (κ3) is 6.29. The van der Waals surface area contributed by atoms with Crippen LogP contribution in [0.3, 0.4) is 0 Å². The molecule has 29 heavy (non-hydrogen) atoms. The Morgan fingerprint density at radius 3 is 2.28 bits per heavy atom. The first kappa shape index (κ1) is 22.4. The predicted octanol–water partition coefficient (Wildman–Crippen LogP) is 2.96. The van der Waals surface area contributed by atoms with Gasteiger partial charge in [-0.25, -0.2) is 4.79 Å². The van der Waals surface area contributed by atoms with E-state index >= 15 is 0 Å². The van der Waals surface area contributed by atoms with Crippen LogP contribution in [0.1, 0.15) is 41.3 Å². The van der Waals surface area contributed by atoms with E-state index in [9.17, 15) is 19.2 Å². The minimum atomic E-state index is -0.898. The Kier molecular flexibility index (Phi) is 8.15. The molecule has 0 spiro atoms. The van der Waals surface area contributed by atoms with E-state index in [1.54, 1.807) is 55.5 Å². The molecule has 0 bridgehead atoms. The maximum atomic E-state index is 12.6. The lowest BCUT2D eigenvalue weighted by atomic mass is 9.96. The van der Waals surface area contributed by atoms with Crippen LogP contribution in [0.15, 0.2) is 54.6 Å². The molecule has 0 aromatic heterocycles. The Hall–Kier alpha value is -2.93. The van der Waals surface area contributed by atoms with E-state index < -0.39 is 17.9 Å². The summed E-state index contributed by atoms with van der Waals surface area (Å²) in [4.78, 5) is 48.2. The number of benzene rings is 2. The van der Waals surface area contributed by atoms with Crippen LogP contribution < -0.4 is 5.32 Å². The summed E-state index contributed by atoms with van der Waals surface area (Å²) in [6, 6.07) is 15.0. The second kappa shape index (κ2) is 10.6. The monoisotopic (exact) mass is 413 g/mol. The molecule has 6 nitrogen and oxygen atoms in total. The van der Waals surface area contributed by atoms with Gasteiger partial charge in [-0.2, -0.15) is 0 Å². The van der Waals surface area contributed by atoms with E-state index in [1.165, 1.54) is 14.0 Å². The highest BCUT2D eigenvalue weighted by Crippen LogP contribution is 2.24. The van der Waals surface area contributed by atoms with Crippen LogP contribution in [-0.4, -0.2) is 41.7 Å². The Balaban J connectivity index is 2.08. The summed E-state index contributed by atoms with van der Waals surface area (Å²) >= 11 is 0.944. The van der Waals surface area contributed by atoms with Crippen molar-refractivity contribution < 1.29 is 23.9 Å². The van der Waals surface area contributed by atoms with Crippen LogP contribution in [0.5, 0.6) is 0 Å². The highest BCUT2D eigenvalue weighted by atomic mass is 32.2. The molecular weight excluding hydrogens is 390 g/mol. The SMILES string of the molecule is COC(=O)[C@H](CSC(=O)[C@H](C)c1cccc(C(=O)c2ccccc2)c1)NC(C)=O. The van der Waals surface area contributed by atoms with Gasteiger partial charge in [0, 0.05) is 23.8 Å². The minimum absolute atomic E-state index is 0.0675. The van der Waals surface area contributed by atoms with E-state index in [0.717, 1.165) is 11.8 Å². The molecule has 2 atom stereocenters. The molecule has 2 aromatic rings. The number of hydrogen-bond donors (Lipinski definition) is 1. The van der Waals surface area contributed by atoms with Gasteiger partial charge in [-0.05, 0) is 11.6 Å². The van der Waals surface area contributed by atoms with E-state index in [0.29, 0.717) is 16.7 Å². The zero-order chi connectivity index (χ0) is 21.4. The molecule has 0 heterocycles. The summed E-state index contributed by atoms with van der Waals surface area (Å²) in [6.45, 7) is 3.04. The quantitative estimate of drug-likeness (QED) is 0.529. The van der Waals surface area contributed by atoms with Gasteiger partial charge in [0.1, 0.15) is 6.04 Å². The van der Waals surface area contributed by atoms with Crippen molar-refractivity contribution in [1.29, 1.82) is 0 Å². The Labute approximate surface area is 174 Å². The third-order valence-electron chi connectivity index (χ3n) is 4.29. The molecule has 1 N–H and O–H groups in total. The van der Waals surface area contributed by atoms with Crippen molar-refractivity contribution in [2.24, 2.45) is 0 Å². The molecule has 0 saturated carbocycles. The zero-order valence-corrected chi connectivity index (χ0v) is 17.3. The fraction of sp³-hybridized carbons (Fsp3) is 0.273. The molecule has 0 aliphatic rings. The van der Waals surface area contributed by atoms with Crippen LogP contribution in [0.25, 0.3) is 0 Å². The number of ether oxygens (including phenoxy) is 1. The molecule has 152 valence electrons. The molecule has 0 aliphatic heterocycles. The second-order valence-corrected chi connectivity index (χ2v) is 7.47. The van der Waals surface area contributed by atoms with Gasteiger partial charge in [-0.1, -0.05) is 67.2 Å². The van der Waals surface area contributed by atoms with E-state index in [4.69, 9.17) is 0 Å². The van der Waals surface area contributed by atoms with Gasteiger partial charge in [-0.3, -0.25) is 14.4 Å². The topological polar surface area (TPSA) is 89.5 Å². The Bertz CT molecular complexity index is 897. The Morgan fingerprint density at radius 2 is 1.66 bits per heavy atom. The van der Waals surface area contributed by atoms with E-state index in [2.05, 4.69) is 10.1 Å². The first-order valence-corrected chi connectivity index (χ1v) is 10.0. The van der Waals surface area contributed by atoms with Crippen LogP contribution in [0, 0.1) is 0 Å². The largest absolute Gasteiger partial charge is 0.467 e. The van der Waals surface area contributed by atoms with Crippen LogP contribution in [0.2, 0.25) is 0 Å².